The molecule has 1 aromatic heterocycles. The lowest BCUT2D eigenvalue weighted by molar-refractivity contribution is -0.141. The van der Waals surface area contributed by atoms with Crippen LogP contribution in [0.3, 0.4) is 0 Å². The topological polar surface area (TPSA) is 62.3 Å². The Balaban J connectivity index is 1.83. The Hall–Kier alpha value is -2.12. The van der Waals surface area contributed by atoms with Crippen molar-refractivity contribution in [1.29, 1.82) is 0 Å². The van der Waals surface area contributed by atoms with Crippen molar-refractivity contribution in [3.8, 4) is 0 Å². The number of pyridine rings is 1. The Morgan fingerprint density at radius 3 is 2.50 bits per heavy atom. The van der Waals surface area contributed by atoms with Crippen molar-refractivity contribution >= 4 is 11.8 Å². The summed E-state index contributed by atoms with van der Waals surface area (Å²) in [6.45, 7) is -0.655. The largest absolute Gasteiger partial charge is 0.405 e. The molecule has 5 nitrogen and oxygen atoms in total. The summed E-state index contributed by atoms with van der Waals surface area (Å²) >= 11 is 0. The number of likely N-dealkylation sites (tertiary alicyclic amines) is 1. The Bertz CT molecular complexity index is 526. The summed E-state index contributed by atoms with van der Waals surface area (Å²) in [4.78, 5) is 29.3. The van der Waals surface area contributed by atoms with Crippen molar-refractivity contribution in [2.45, 2.75) is 19.0 Å². The molecule has 1 fully saturated rings. The van der Waals surface area contributed by atoms with Gasteiger partial charge in [-0.2, -0.15) is 13.2 Å². The molecule has 0 atom stereocenters. The summed E-state index contributed by atoms with van der Waals surface area (Å²) in [6.07, 6.45) is -2.19. The molecule has 1 aliphatic rings. The van der Waals surface area contributed by atoms with E-state index in [1.807, 2.05) is 5.32 Å². The van der Waals surface area contributed by atoms with Gasteiger partial charge in [0.1, 0.15) is 12.2 Å². The molecule has 2 amide bonds. The van der Waals surface area contributed by atoms with E-state index in [9.17, 15) is 22.8 Å². The summed E-state index contributed by atoms with van der Waals surface area (Å²) in [5, 5.41) is 1.89. The summed E-state index contributed by atoms with van der Waals surface area (Å²) < 4.78 is 36.2. The number of nitrogens with one attached hydrogen (secondary N) is 1. The Labute approximate surface area is 125 Å². The molecule has 0 spiro atoms. The van der Waals surface area contributed by atoms with Crippen LogP contribution in [-0.4, -0.2) is 47.5 Å². The van der Waals surface area contributed by atoms with E-state index in [2.05, 4.69) is 4.98 Å². The molecular formula is C14H16F3N3O2. The molecule has 0 unspecified atom stereocenters. The van der Waals surface area contributed by atoms with Crippen LogP contribution in [0.15, 0.2) is 24.4 Å². The summed E-state index contributed by atoms with van der Waals surface area (Å²) in [5.74, 6) is -1.33. The van der Waals surface area contributed by atoms with Crippen molar-refractivity contribution in [3.05, 3.63) is 30.1 Å². The van der Waals surface area contributed by atoms with Crippen LogP contribution in [0.2, 0.25) is 0 Å². The van der Waals surface area contributed by atoms with E-state index in [1.54, 1.807) is 23.1 Å². The highest BCUT2D eigenvalue weighted by Crippen LogP contribution is 2.20. The van der Waals surface area contributed by atoms with Crippen LogP contribution in [-0.2, 0) is 4.79 Å². The fourth-order valence-electron chi connectivity index (χ4n) is 2.33. The highest BCUT2D eigenvalue weighted by Gasteiger charge is 2.32. The van der Waals surface area contributed by atoms with Crippen molar-refractivity contribution in [2.24, 2.45) is 5.92 Å². The molecule has 1 N–H and O–H groups in total. The van der Waals surface area contributed by atoms with Crippen LogP contribution in [0.25, 0.3) is 0 Å². The van der Waals surface area contributed by atoms with Gasteiger partial charge >= 0.3 is 6.18 Å². The number of hydrogen-bond donors (Lipinski definition) is 1. The minimum Gasteiger partial charge on any atom is -0.347 e. The standard InChI is InChI=1S/C14H16F3N3O2/c15-14(16,17)9-19-12(21)10-4-7-20(8-5-10)13(22)11-3-1-2-6-18-11/h1-3,6,10H,4-5,7-9H2,(H,19,21). The smallest absolute Gasteiger partial charge is 0.347 e. The second kappa shape index (κ2) is 6.76. The molecule has 0 bridgehead atoms. The number of alkyl halides is 3. The molecule has 0 aromatic carbocycles. The van der Waals surface area contributed by atoms with Gasteiger partial charge in [-0.3, -0.25) is 14.6 Å². The van der Waals surface area contributed by atoms with Crippen molar-refractivity contribution in [3.63, 3.8) is 0 Å². The molecule has 2 heterocycles. The van der Waals surface area contributed by atoms with E-state index >= 15 is 0 Å². The molecule has 0 saturated carbocycles. The van der Waals surface area contributed by atoms with Gasteiger partial charge in [-0.25, -0.2) is 0 Å². The van der Waals surface area contributed by atoms with Crippen LogP contribution >= 0.6 is 0 Å². The molecule has 1 aliphatic heterocycles. The zero-order chi connectivity index (χ0) is 16.2. The SMILES string of the molecule is O=C(NCC(F)(F)F)C1CCN(C(=O)c2ccccn2)CC1. The maximum atomic E-state index is 12.1. The predicted octanol–water partition coefficient (Wildman–Crippen LogP) is 1.61. The van der Waals surface area contributed by atoms with Gasteiger partial charge in [-0.15, -0.1) is 0 Å². The van der Waals surface area contributed by atoms with Gasteiger partial charge in [0, 0.05) is 25.2 Å². The first-order valence-electron chi connectivity index (χ1n) is 6.91. The summed E-state index contributed by atoms with van der Waals surface area (Å²) in [5.41, 5.74) is 0.322. The highest BCUT2D eigenvalue weighted by molar-refractivity contribution is 5.92. The molecule has 0 radical (unpaired) electrons. The number of halogens is 3. The third-order valence-corrected chi connectivity index (χ3v) is 3.50. The van der Waals surface area contributed by atoms with Crippen molar-refractivity contribution in [2.75, 3.05) is 19.6 Å². The maximum absolute atomic E-state index is 12.1. The van der Waals surface area contributed by atoms with Gasteiger partial charge in [-0.05, 0) is 25.0 Å². The van der Waals surface area contributed by atoms with E-state index in [0.29, 0.717) is 31.6 Å². The number of nitrogens with zero attached hydrogens (tertiary/aromatic N) is 2. The van der Waals surface area contributed by atoms with Crippen molar-refractivity contribution < 1.29 is 22.8 Å². The zero-order valence-electron chi connectivity index (χ0n) is 11.8. The van der Waals surface area contributed by atoms with Crippen LogP contribution in [0.4, 0.5) is 13.2 Å². The van der Waals surface area contributed by atoms with Crippen LogP contribution in [0.1, 0.15) is 23.3 Å². The first-order valence-corrected chi connectivity index (χ1v) is 6.91. The normalized spacial score (nSPS) is 16.4. The molecule has 120 valence electrons. The molecular weight excluding hydrogens is 299 g/mol. The monoisotopic (exact) mass is 315 g/mol. The minimum atomic E-state index is -4.41. The molecule has 1 saturated heterocycles. The van der Waals surface area contributed by atoms with E-state index in [4.69, 9.17) is 0 Å². The van der Waals surface area contributed by atoms with Gasteiger partial charge < -0.3 is 10.2 Å². The fraction of sp³-hybridized carbons (Fsp3) is 0.500. The maximum Gasteiger partial charge on any atom is 0.405 e. The van der Waals surface area contributed by atoms with E-state index in [0.717, 1.165) is 0 Å². The third-order valence-electron chi connectivity index (χ3n) is 3.50. The predicted molar refractivity (Wildman–Crippen MR) is 71.9 cm³/mol. The number of aromatic nitrogens is 1. The van der Waals surface area contributed by atoms with Crippen LogP contribution < -0.4 is 5.32 Å². The summed E-state index contributed by atoms with van der Waals surface area (Å²) in [7, 11) is 0. The molecule has 22 heavy (non-hydrogen) atoms. The Morgan fingerprint density at radius 1 is 1.27 bits per heavy atom. The fourth-order valence-corrected chi connectivity index (χ4v) is 2.33. The van der Waals surface area contributed by atoms with Crippen LogP contribution in [0, 0.1) is 5.92 Å². The van der Waals surface area contributed by atoms with Crippen LogP contribution in [0.5, 0.6) is 0 Å². The molecule has 1 aromatic rings. The van der Waals surface area contributed by atoms with Gasteiger partial charge in [0.2, 0.25) is 5.91 Å². The van der Waals surface area contributed by atoms with E-state index in [1.165, 1.54) is 6.20 Å². The Morgan fingerprint density at radius 2 is 1.95 bits per heavy atom. The average molecular weight is 315 g/mol. The van der Waals surface area contributed by atoms with Gasteiger partial charge in [-0.1, -0.05) is 6.07 Å². The number of carbonyl (C=O) groups excluding carboxylic acids is 2. The molecule has 2 rings (SSSR count). The number of piperidine rings is 1. The second-order valence-electron chi connectivity index (χ2n) is 5.11. The van der Waals surface area contributed by atoms with E-state index in [-0.39, 0.29) is 5.91 Å². The quantitative estimate of drug-likeness (QED) is 0.922. The van der Waals surface area contributed by atoms with Gasteiger partial charge in [0.05, 0.1) is 0 Å². The number of rotatable bonds is 3. The lowest BCUT2D eigenvalue weighted by Crippen LogP contribution is -2.44. The Kier molecular flexibility index (Phi) is 4.99. The van der Waals surface area contributed by atoms with Gasteiger partial charge in [0.15, 0.2) is 0 Å². The molecule has 0 aliphatic carbocycles. The van der Waals surface area contributed by atoms with Gasteiger partial charge in [0.25, 0.3) is 5.91 Å². The first-order chi connectivity index (χ1) is 10.4. The zero-order valence-corrected chi connectivity index (χ0v) is 11.8. The number of hydrogen-bond acceptors (Lipinski definition) is 3. The van der Waals surface area contributed by atoms with E-state index < -0.39 is 24.5 Å². The number of amides is 2. The highest BCUT2D eigenvalue weighted by atomic mass is 19.4. The van der Waals surface area contributed by atoms with Crippen molar-refractivity contribution in [1.82, 2.24) is 15.2 Å². The average Bonchev–Trinajstić information content (AvgIpc) is 2.52. The molecule has 8 heteroatoms. The first kappa shape index (κ1) is 16.3. The number of carbonyl (C=O) groups is 2. The minimum absolute atomic E-state index is 0.227. The summed E-state index contributed by atoms with van der Waals surface area (Å²) in [6, 6.07) is 5.01. The lowest BCUT2D eigenvalue weighted by atomic mass is 9.95. The lowest BCUT2D eigenvalue weighted by Gasteiger charge is -2.31. The second-order valence-corrected chi connectivity index (χ2v) is 5.11. The third kappa shape index (κ3) is 4.44.